The van der Waals surface area contributed by atoms with Crippen LogP contribution in [-0.2, 0) is 4.74 Å². The van der Waals surface area contributed by atoms with Gasteiger partial charge in [0.15, 0.2) is 0 Å². The van der Waals surface area contributed by atoms with Crippen LogP contribution in [-0.4, -0.2) is 25.3 Å². The summed E-state index contributed by atoms with van der Waals surface area (Å²) >= 11 is 0. The number of nitrogens with zero attached hydrogens (tertiary/aromatic N) is 1. The first-order valence-corrected chi connectivity index (χ1v) is 3.47. The molecule has 0 aliphatic carbocycles. The van der Waals surface area contributed by atoms with Crippen LogP contribution in [0.4, 0.5) is 4.79 Å². The summed E-state index contributed by atoms with van der Waals surface area (Å²) in [5.74, 6) is 0. The van der Waals surface area contributed by atoms with E-state index in [2.05, 4.69) is 14.9 Å². The monoisotopic (exact) mass is 156 g/mol. The fraction of sp³-hybridized carbons (Fsp3) is 0.714. The summed E-state index contributed by atoms with van der Waals surface area (Å²) in [5.41, 5.74) is 0. The Bertz CT molecular complexity index is 162. The van der Waals surface area contributed by atoms with E-state index in [0.717, 1.165) is 0 Å². The van der Waals surface area contributed by atoms with Crippen molar-refractivity contribution in [3.05, 3.63) is 11.4 Å². The number of rotatable bonds is 3. The molecule has 62 valence electrons. The SMILES string of the molecule is [C-]#[N+]C(C)CNC(=O)OCC. The summed E-state index contributed by atoms with van der Waals surface area (Å²) in [4.78, 5) is 13.8. The van der Waals surface area contributed by atoms with E-state index in [1.165, 1.54) is 0 Å². The van der Waals surface area contributed by atoms with Crippen LogP contribution >= 0.6 is 0 Å². The van der Waals surface area contributed by atoms with Gasteiger partial charge in [-0.2, -0.15) is 0 Å². The van der Waals surface area contributed by atoms with Gasteiger partial charge in [-0.1, -0.05) is 0 Å². The Hall–Kier alpha value is -1.24. The van der Waals surface area contributed by atoms with Gasteiger partial charge in [-0.25, -0.2) is 11.4 Å². The van der Waals surface area contributed by atoms with Crippen molar-refractivity contribution in [1.29, 1.82) is 0 Å². The molecule has 0 radical (unpaired) electrons. The van der Waals surface area contributed by atoms with Crippen molar-refractivity contribution in [3.8, 4) is 0 Å². The highest BCUT2D eigenvalue weighted by Gasteiger charge is 2.06. The van der Waals surface area contributed by atoms with Crippen molar-refractivity contribution in [1.82, 2.24) is 5.32 Å². The van der Waals surface area contributed by atoms with E-state index in [9.17, 15) is 4.79 Å². The average Bonchev–Trinajstić information content (AvgIpc) is 2.01. The number of alkyl carbamates (subject to hydrolysis) is 1. The number of amides is 1. The second-order valence-electron chi connectivity index (χ2n) is 2.08. The lowest BCUT2D eigenvalue weighted by Crippen LogP contribution is -2.29. The summed E-state index contributed by atoms with van der Waals surface area (Å²) in [6, 6.07) is -0.181. The Kier molecular flexibility index (Phi) is 4.91. The topological polar surface area (TPSA) is 42.7 Å². The van der Waals surface area contributed by atoms with Crippen molar-refractivity contribution in [3.63, 3.8) is 0 Å². The van der Waals surface area contributed by atoms with E-state index < -0.39 is 6.09 Å². The molecule has 1 amide bonds. The molecule has 0 fully saturated rings. The minimum Gasteiger partial charge on any atom is -0.450 e. The number of hydrogen-bond donors (Lipinski definition) is 1. The summed E-state index contributed by atoms with van der Waals surface area (Å²) in [5, 5.41) is 2.46. The maximum Gasteiger partial charge on any atom is 0.407 e. The Balaban J connectivity index is 3.39. The minimum atomic E-state index is -0.456. The molecule has 0 spiro atoms. The van der Waals surface area contributed by atoms with Gasteiger partial charge in [0, 0.05) is 6.92 Å². The highest BCUT2D eigenvalue weighted by Crippen LogP contribution is 1.85. The first-order chi connectivity index (χ1) is 5.20. The third-order valence-electron chi connectivity index (χ3n) is 1.04. The molecular weight excluding hydrogens is 144 g/mol. The third kappa shape index (κ3) is 5.22. The smallest absolute Gasteiger partial charge is 0.407 e. The van der Waals surface area contributed by atoms with Gasteiger partial charge in [-0.05, 0) is 6.92 Å². The van der Waals surface area contributed by atoms with Gasteiger partial charge in [-0.3, -0.25) is 0 Å². The van der Waals surface area contributed by atoms with E-state index in [-0.39, 0.29) is 6.04 Å². The lowest BCUT2D eigenvalue weighted by molar-refractivity contribution is 0.152. The van der Waals surface area contributed by atoms with Crippen molar-refractivity contribution >= 4 is 6.09 Å². The molecular formula is C7H12N2O2. The van der Waals surface area contributed by atoms with E-state index >= 15 is 0 Å². The zero-order chi connectivity index (χ0) is 8.69. The van der Waals surface area contributed by atoms with Gasteiger partial charge in [-0.15, -0.1) is 0 Å². The molecule has 0 aliphatic rings. The first kappa shape index (κ1) is 9.76. The van der Waals surface area contributed by atoms with Gasteiger partial charge < -0.3 is 14.9 Å². The fourth-order valence-corrected chi connectivity index (χ4v) is 0.459. The Labute approximate surface area is 66.4 Å². The highest BCUT2D eigenvalue weighted by atomic mass is 16.5. The van der Waals surface area contributed by atoms with Crippen LogP contribution in [0.1, 0.15) is 13.8 Å². The average molecular weight is 156 g/mol. The van der Waals surface area contributed by atoms with Crippen molar-refractivity contribution in [2.75, 3.05) is 13.2 Å². The molecule has 1 N–H and O–H groups in total. The summed E-state index contributed by atoms with van der Waals surface area (Å²) in [6.07, 6.45) is -0.456. The van der Waals surface area contributed by atoms with Crippen LogP contribution in [0.5, 0.6) is 0 Å². The molecule has 0 bridgehead atoms. The predicted octanol–water partition coefficient (Wildman–Crippen LogP) is 1.04. The molecule has 0 aromatic rings. The van der Waals surface area contributed by atoms with Crippen LogP contribution in [0.3, 0.4) is 0 Å². The predicted molar refractivity (Wildman–Crippen MR) is 41.1 cm³/mol. The molecule has 0 rings (SSSR count). The normalized spacial score (nSPS) is 11.4. The van der Waals surface area contributed by atoms with Crippen LogP contribution in [0.2, 0.25) is 0 Å². The van der Waals surface area contributed by atoms with E-state index in [1.807, 2.05) is 0 Å². The second-order valence-corrected chi connectivity index (χ2v) is 2.08. The second kappa shape index (κ2) is 5.54. The van der Waals surface area contributed by atoms with Crippen LogP contribution in [0, 0.1) is 6.57 Å². The molecule has 0 aromatic carbocycles. The van der Waals surface area contributed by atoms with Crippen LogP contribution in [0.15, 0.2) is 0 Å². The summed E-state index contributed by atoms with van der Waals surface area (Å²) < 4.78 is 4.58. The first-order valence-electron chi connectivity index (χ1n) is 3.47. The van der Waals surface area contributed by atoms with Crippen LogP contribution in [0.25, 0.3) is 4.85 Å². The Morgan fingerprint density at radius 2 is 2.45 bits per heavy atom. The summed E-state index contributed by atoms with van der Waals surface area (Å²) in [6.45, 7) is 10.8. The van der Waals surface area contributed by atoms with Gasteiger partial charge in [0.25, 0.3) is 0 Å². The molecule has 4 nitrogen and oxygen atoms in total. The third-order valence-corrected chi connectivity index (χ3v) is 1.04. The number of ether oxygens (including phenoxy) is 1. The largest absolute Gasteiger partial charge is 0.450 e. The number of hydrogen-bond acceptors (Lipinski definition) is 2. The molecule has 0 aliphatic heterocycles. The number of nitrogens with one attached hydrogen (secondary N) is 1. The lowest BCUT2D eigenvalue weighted by Gasteiger charge is -2.03. The zero-order valence-corrected chi connectivity index (χ0v) is 6.76. The zero-order valence-electron chi connectivity index (χ0n) is 6.76. The molecule has 0 saturated heterocycles. The maximum absolute atomic E-state index is 10.6. The van der Waals surface area contributed by atoms with E-state index in [1.54, 1.807) is 13.8 Å². The Morgan fingerprint density at radius 1 is 1.82 bits per heavy atom. The standard InChI is InChI=1S/C7H12N2O2/c1-4-11-7(10)9-5-6(2)8-3/h6H,4-5H2,1-2H3,(H,9,10). The van der Waals surface area contributed by atoms with Gasteiger partial charge in [0.1, 0.15) is 0 Å². The molecule has 1 unspecified atom stereocenters. The van der Waals surface area contributed by atoms with Crippen LogP contribution < -0.4 is 5.32 Å². The maximum atomic E-state index is 10.6. The Morgan fingerprint density at radius 3 is 2.91 bits per heavy atom. The molecule has 4 heteroatoms. The lowest BCUT2D eigenvalue weighted by atomic mass is 10.4. The number of carbonyl (C=O) groups excluding carboxylic acids is 1. The fourth-order valence-electron chi connectivity index (χ4n) is 0.459. The molecule has 0 aromatic heterocycles. The summed E-state index contributed by atoms with van der Waals surface area (Å²) in [7, 11) is 0. The molecule has 1 atom stereocenters. The van der Waals surface area contributed by atoms with Crippen molar-refractivity contribution in [2.24, 2.45) is 0 Å². The van der Waals surface area contributed by atoms with Gasteiger partial charge in [0.2, 0.25) is 6.04 Å². The van der Waals surface area contributed by atoms with E-state index in [4.69, 9.17) is 6.57 Å². The van der Waals surface area contributed by atoms with Crippen molar-refractivity contribution in [2.45, 2.75) is 19.9 Å². The number of carbonyl (C=O) groups is 1. The van der Waals surface area contributed by atoms with Gasteiger partial charge in [0.05, 0.1) is 13.2 Å². The van der Waals surface area contributed by atoms with E-state index in [0.29, 0.717) is 13.2 Å². The minimum absolute atomic E-state index is 0.181. The molecule has 11 heavy (non-hydrogen) atoms. The highest BCUT2D eigenvalue weighted by molar-refractivity contribution is 5.67. The van der Waals surface area contributed by atoms with Gasteiger partial charge >= 0.3 is 6.09 Å². The molecule has 0 saturated carbocycles. The molecule has 0 heterocycles. The van der Waals surface area contributed by atoms with Crippen molar-refractivity contribution < 1.29 is 9.53 Å². The quantitative estimate of drug-likeness (QED) is 0.620.